The lowest BCUT2D eigenvalue weighted by molar-refractivity contribution is 0.567. The first-order valence-electron chi connectivity index (χ1n) is 5.63. The fraction of sp³-hybridized carbons (Fsp3) is 0.333. The van der Waals surface area contributed by atoms with Crippen molar-refractivity contribution in [1.29, 1.82) is 0 Å². The number of nitrogens with one attached hydrogen (secondary N) is 1. The summed E-state index contributed by atoms with van der Waals surface area (Å²) in [6.07, 6.45) is 0. The van der Waals surface area contributed by atoms with Gasteiger partial charge in [-0.05, 0) is 46.5 Å². The highest BCUT2D eigenvalue weighted by atomic mass is 79.9. The van der Waals surface area contributed by atoms with Crippen molar-refractivity contribution in [1.82, 2.24) is 20.4 Å². The van der Waals surface area contributed by atoms with Crippen LogP contribution in [0.25, 0.3) is 0 Å². The van der Waals surface area contributed by atoms with Crippen LogP contribution in [-0.2, 0) is 7.05 Å². The molecule has 0 amide bonds. The minimum Gasteiger partial charge on any atom is -0.271 e. The van der Waals surface area contributed by atoms with Gasteiger partial charge in [-0.25, -0.2) is 10.1 Å². The zero-order chi connectivity index (χ0) is 13.3. The van der Waals surface area contributed by atoms with E-state index in [1.807, 2.05) is 13.1 Å². The van der Waals surface area contributed by atoms with Gasteiger partial charge in [0.25, 0.3) is 0 Å². The molecule has 1 unspecified atom stereocenters. The molecule has 6 heteroatoms. The lowest BCUT2D eigenvalue weighted by Gasteiger charge is -2.19. The minimum absolute atomic E-state index is 0.140. The molecule has 0 aliphatic carbocycles. The number of benzene rings is 1. The molecule has 2 aromatic rings. The summed E-state index contributed by atoms with van der Waals surface area (Å²) in [7, 11) is 1.85. The van der Waals surface area contributed by atoms with Gasteiger partial charge in [0.15, 0.2) is 4.60 Å². The average molecular weight is 310 g/mol. The predicted molar refractivity (Wildman–Crippen MR) is 73.8 cm³/mol. The Morgan fingerprint density at radius 3 is 2.67 bits per heavy atom. The molecule has 0 bridgehead atoms. The second-order valence-corrected chi connectivity index (χ2v) is 5.03. The van der Waals surface area contributed by atoms with Crippen molar-refractivity contribution in [2.24, 2.45) is 12.9 Å². The highest BCUT2D eigenvalue weighted by molar-refractivity contribution is 9.10. The molecule has 18 heavy (non-hydrogen) atoms. The number of hydrazine groups is 1. The summed E-state index contributed by atoms with van der Waals surface area (Å²) < 4.78 is 2.42. The Bertz CT molecular complexity index is 544. The van der Waals surface area contributed by atoms with Crippen molar-refractivity contribution in [2.45, 2.75) is 19.9 Å². The van der Waals surface area contributed by atoms with Gasteiger partial charge in [-0.15, -0.1) is 5.10 Å². The largest absolute Gasteiger partial charge is 0.271 e. The Balaban J connectivity index is 2.56. The molecule has 1 heterocycles. The fourth-order valence-corrected chi connectivity index (χ4v) is 2.60. The summed E-state index contributed by atoms with van der Waals surface area (Å²) in [6.45, 7) is 4.18. The molecule has 5 nitrogen and oxygen atoms in total. The molecule has 3 N–H and O–H groups in total. The van der Waals surface area contributed by atoms with E-state index in [2.05, 4.69) is 57.6 Å². The van der Waals surface area contributed by atoms with Crippen LogP contribution in [0.15, 0.2) is 22.8 Å². The molecule has 0 saturated carbocycles. The number of rotatable bonds is 3. The van der Waals surface area contributed by atoms with E-state index in [1.165, 1.54) is 11.1 Å². The number of aryl methyl sites for hydroxylation is 2. The molecule has 1 aromatic heterocycles. The third-order valence-corrected chi connectivity index (χ3v) is 3.79. The Hall–Kier alpha value is -1.24. The van der Waals surface area contributed by atoms with E-state index in [1.54, 1.807) is 4.68 Å². The Labute approximate surface area is 114 Å². The van der Waals surface area contributed by atoms with E-state index in [4.69, 9.17) is 5.84 Å². The second kappa shape index (κ2) is 5.17. The summed E-state index contributed by atoms with van der Waals surface area (Å²) in [5.41, 5.74) is 7.33. The molecule has 0 fully saturated rings. The lowest BCUT2D eigenvalue weighted by Crippen LogP contribution is -2.31. The van der Waals surface area contributed by atoms with Crippen LogP contribution in [0, 0.1) is 13.8 Å². The SMILES string of the molecule is Cc1cccc(C(NN)c2c(Br)nnn2C)c1C. The molecule has 2 rings (SSSR count). The van der Waals surface area contributed by atoms with Gasteiger partial charge in [-0.2, -0.15) is 0 Å². The Morgan fingerprint density at radius 1 is 1.39 bits per heavy atom. The molecule has 0 radical (unpaired) electrons. The normalized spacial score (nSPS) is 12.7. The molecule has 0 spiro atoms. The number of nitrogens with zero attached hydrogens (tertiary/aromatic N) is 3. The first-order chi connectivity index (χ1) is 8.56. The van der Waals surface area contributed by atoms with Crippen molar-refractivity contribution in [2.75, 3.05) is 0 Å². The Kier molecular flexibility index (Phi) is 3.79. The van der Waals surface area contributed by atoms with Crippen molar-refractivity contribution in [3.05, 3.63) is 45.2 Å². The van der Waals surface area contributed by atoms with Crippen molar-refractivity contribution >= 4 is 15.9 Å². The summed E-state index contributed by atoms with van der Waals surface area (Å²) in [5, 5.41) is 7.98. The number of hydrogen-bond donors (Lipinski definition) is 2. The van der Waals surface area contributed by atoms with Gasteiger partial charge in [0.2, 0.25) is 0 Å². The van der Waals surface area contributed by atoms with Crippen molar-refractivity contribution in [3.8, 4) is 0 Å². The minimum atomic E-state index is -0.140. The van der Waals surface area contributed by atoms with Gasteiger partial charge in [0.05, 0.1) is 11.7 Å². The van der Waals surface area contributed by atoms with Crippen LogP contribution in [0.3, 0.4) is 0 Å². The smallest absolute Gasteiger partial charge is 0.153 e. The fourth-order valence-electron chi connectivity index (χ4n) is 2.05. The molecule has 1 aromatic carbocycles. The molecule has 96 valence electrons. The van der Waals surface area contributed by atoms with Crippen molar-refractivity contribution in [3.63, 3.8) is 0 Å². The van der Waals surface area contributed by atoms with E-state index in [0.29, 0.717) is 4.60 Å². The van der Waals surface area contributed by atoms with Crippen LogP contribution in [0.4, 0.5) is 0 Å². The molecule has 0 saturated heterocycles. The monoisotopic (exact) mass is 309 g/mol. The maximum Gasteiger partial charge on any atom is 0.153 e. The average Bonchev–Trinajstić information content (AvgIpc) is 2.67. The van der Waals surface area contributed by atoms with Crippen LogP contribution < -0.4 is 11.3 Å². The first kappa shape index (κ1) is 13.2. The van der Waals surface area contributed by atoms with E-state index in [0.717, 1.165) is 11.3 Å². The van der Waals surface area contributed by atoms with Gasteiger partial charge in [0.1, 0.15) is 0 Å². The standard InChI is InChI=1S/C12H16BrN5/c1-7-5-4-6-9(8(7)2)10(15-14)11-12(13)16-17-18(11)3/h4-6,10,15H,14H2,1-3H3. The number of halogens is 1. The number of nitrogens with two attached hydrogens (primary N) is 1. The lowest BCUT2D eigenvalue weighted by atomic mass is 9.96. The van der Waals surface area contributed by atoms with Gasteiger partial charge in [-0.1, -0.05) is 23.4 Å². The van der Waals surface area contributed by atoms with Crippen LogP contribution in [0.5, 0.6) is 0 Å². The topological polar surface area (TPSA) is 68.8 Å². The predicted octanol–water partition coefficient (Wildman–Crippen LogP) is 1.75. The van der Waals surface area contributed by atoms with E-state index in [-0.39, 0.29) is 6.04 Å². The third kappa shape index (κ3) is 2.19. The van der Waals surface area contributed by atoms with Crippen LogP contribution >= 0.6 is 15.9 Å². The van der Waals surface area contributed by atoms with Crippen LogP contribution in [0.1, 0.15) is 28.4 Å². The zero-order valence-electron chi connectivity index (χ0n) is 10.6. The summed E-state index contributed by atoms with van der Waals surface area (Å²) >= 11 is 3.41. The summed E-state index contributed by atoms with van der Waals surface area (Å²) in [6, 6.07) is 6.04. The van der Waals surface area contributed by atoms with Crippen molar-refractivity contribution < 1.29 is 0 Å². The van der Waals surface area contributed by atoms with Gasteiger partial charge in [0, 0.05) is 7.05 Å². The van der Waals surface area contributed by atoms with E-state index < -0.39 is 0 Å². The number of hydrogen-bond acceptors (Lipinski definition) is 4. The number of aromatic nitrogens is 3. The van der Waals surface area contributed by atoms with Crippen LogP contribution in [-0.4, -0.2) is 15.0 Å². The van der Waals surface area contributed by atoms with Gasteiger partial charge in [-0.3, -0.25) is 5.84 Å². The molecule has 0 aliphatic heterocycles. The third-order valence-electron chi connectivity index (χ3n) is 3.22. The summed E-state index contributed by atoms with van der Waals surface area (Å²) in [5.74, 6) is 5.71. The first-order valence-corrected chi connectivity index (χ1v) is 6.43. The zero-order valence-corrected chi connectivity index (χ0v) is 12.2. The summed E-state index contributed by atoms with van der Waals surface area (Å²) in [4.78, 5) is 0. The maximum absolute atomic E-state index is 5.71. The Morgan fingerprint density at radius 2 is 2.11 bits per heavy atom. The molecule has 1 atom stereocenters. The molecular formula is C12H16BrN5. The van der Waals surface area contributed by atoms with E-state index in [9.17, 15) is 0 Å². The molecular weight excluding hydrogens is 294 g/mol. The van der Waals surface area contributed by atoms with Crippen LogP contribution in [0.2, 0.25) is 0 Å². The maximum atomic E-state index is 5.71. The van der Waals surface area contributed by atoms with Gasteiger partial charge < -0.3 is 0 Å². The quantitative estimate of drug-likeness (QED) is 0.669. The van der Waals surface area contributed by atoms with E-state index >= 15 is 0 Å². The highest BCUT2D eigenvalue weighted by Gasteiger charge is 2.22. The highest BCUT2D eigenvalue weighted by Crippen LogP contribution is 2.29. The van der Waals surface area contributed by atoms with Gasteiger partial charge >= 0.3 is 0 Å². The molecule has 0 aliphatic rings. The second-order valence-electron chi connectivity index (χ2n) is 4.28.